The topological polar surface area (TPSA) is 80.4 Å². The number of carboxylic acids is 1. The van der Waals surface area contributed by atoms with Gasteiger partial charge in [0.2, 0.25) is 0 Å². The van der Waals surface area contributed by atoms with Gasteiger partial charge in [0.05, 0.1) is 11.3 Å². The number of benzene rings is 1. The smallest absolute Gasteiger partial charge is 0.313 e. The Hall–Kier alpha value is -2.15. The lowest BCUT2D eigenvalue weighted by Gasteiger charge is -2.04. The number of thioether (sulfide) groups is 1. The van der Waals surface area contributed by atoms with Gasteiger partial charge in [0.1, 0.15) is 5.82 Å². The lowest BCUT2D eigenvalue weighted by Crippen LogP contribution is -2.03. The molecule has 0 saturated carbocycles. The van der Waals surface area contributed by atoms with Crippen LogP contribution >= 0.6 is 11.8 Å². The number of rotatable bonds is 3. The van der Waals surface area contributed by atoms with Gasteiger partial charge in [-0.1, -0.05) is 23.9 Å². The minimum absolute atomic E-state index is 0.0562. The summed E-state index contributed by atoms with van der Waals surface area (Å²) in [7, 11) is 0. The van der Waals surface area contributed by atoms with E-state index >= 15 is 0 Å². The van der Waals surface area contributed by atoms with E-state index in [0.29, 0.717) is 16.6 Å². The molecule has 0 aliphatic rings. The van der Waals surface area contributed by atoms with Gasteiger partial charge in [-0.25, -0.2) is 9.97 Å². The largest absolute Gasteiger partial charge is 0.481 e. The zero-order valence-corrected chi connectivity index (χ0v) is 10.9. The number of aromatic nitrogens is 4. The van der Waals surface area contributed by atoms with E-state index in [1.54, 1.807) is 11.4 Å². The third-order valence-electron chi connectivity index (χ3n) is 2.58. The number of para-hydroxylation sites is 1. The van der Waals surface area contributed by atoms with Gasteiger partial charge >= 0.3 is 5.97 Å². The highest BCUT2D eigenvalue weighted by atomic mass is 32.2. The van der Waals surface area contributed by atoms with Crippen LogP contribution < -0.4 is 0 Å². The first-order valence-corrected chi connectivity index (χ1v) is 6.60. The third-order valence-corrected chi connectivity index (χ3v) is 3.49. The van der Waals surface area contributed by atoms with Gasteiger partial charge in [0, 0.05) is 5.39 Å². The highest BCUT2D eigenvalue weighted by Crippen LogP contribution is 2.23. The van der Waals surface area contributed by atoms with Crippen LogP contribution in [0.5, 0.6) is 0 Å². The predicted molar refractivity (Wildman–Crippen MR) is 71.4 cm³/mol. The summed E-state index contributed by atoms with van der Waals surface area (Å²) in [6, 6.07) is 7.61. The first kappa shape index (κ1) is 11.9. The van der Waals surface area contributed by atoms with Crippen LogP contribution in [-0.2, 0) is 4.79 Å². The van der Waals surface area contributed by atoms with E-state index in [1.165, 1.54) is 0 Å². The average molecular weight is 274 g/mol. The van der Waals surface area contributed by atoms with E-state index in [1.807, 2.05) is 24.3 Å². The van der Waals surface area contributed by atoms with Crippen LogP contribution in [0.25, 0.3) is 16.6 Å². The number of nitrogens with zero attached hydrogens (tertiary/aromatic N) is 4. The van der Waals surface area contributed by atoms with Crippen molar-refractivity contribution in [2.75, 3.05) is 5.75 Å². The summed E-state index contributed by atoms with van der Waals surface area (Å²) in [5, 5.41) is 14.5. The van der Waals surface area contributed by atoms with E-state index < -0.39 is 5.97 Å². The second-order valence-electron chi connectivity index (χ2n) is 3.99. The molecule has 2 aromatic heterocycles. The molecule has 0 amide bonds. The number of aliphatic carboxylic acids is 1. The normalized spacial score (nSPS) is 11.2. The molecule has 1 aromatic carbocycles. The molecule has 0 fully saturated rings. The molecule has 3 aromatic rings. The van der Waals surface area contributed by atoms with Gasteiger partial charge in [0.15, 0.2) is 10.8 Å². The minimum Gasteiger partial charge on any atom is -0.481 e. The Kier molecular flexibility index (Phi) is 2.83. The Morgan fingerprint density at radius 2 is 2.16 bits per heavy atom. The van der Waals surface area contributed by atoms with Crippen molar-refractivity contribution >= 4 is 34.3 Å². The molecule has 0 aliphatic heterocycles. The van der Waals surface area contributed by atoms with Gasteiger partial charge in [-0.15, -0.1) is 5.10 Å². The number of carbonyl (C=O) groups is 1. The maximum Gasteiger partial charge on any atom is 0.313 e. The Labute approximate surface area is 112 Å². The number of carboxylic acid groups (broad SMARTS) is 1. The van der Waals surface area contributed by atoms with Crippen molar-refractivity contribution < 1.29 is 9.90 Å². The highest BCUT2D eigenvalue weighted by Gasteiger charge is 2.13. The van der Waals surface area contributed by atoms with E-state index in [-0.39, 0.29) is 5.75 Å². The monoisotopic (exact) mass is 274 g/mol. The van der Waals surface area contributed by atoms with Gasteiger partial charge in [-0.3, -0.25) is 4.79 Å². The predicted octanol–water partition coefficient (Wildman–Crippen LogP) is 1.76. The molecule has 0 bridgehead atoms. The fourth-order valence-electron chi connectivity index (χ4n) is 1.85. The first-order chi connectivity index (χ1) is 9.15. The van der Waals surface area contributed by atoms with Gasteiger partial charge < -0.3 is 5.11 Å². The van der Waals surface area contributed by atoms with Crippen LogP contribution in [0, 0.1) is 6.92 Å². The summed E-state index contributed by atoms with van der Waals surface area (Å²) in [4.78, 5) is 19.5. The van der Waals surface area contributed by atoms with Crippen molar-refractivity contribution in [1.29, 1.82) is 0 Å². The lowest BCUT2D eigenvalue weighted by atomic mass is 10.2. The second kappa shape index (κ2) is 4.51. The standard InChI is InChI=1S/C12H10N4O2S/c1-7-13-11-8-4-2-3-5-9(8)14-12(16(11)15-7)19-6-10(17)18/h2-5H,6H2,1H3,(H,17,18). The van der Waals surface area contributed by atoms with Gasteiger partial charge in [-0.2, -0.15) is 4.52 Å². The third kappa shape index (κ3) is 2.12. The highest BCUT2D eigenvalue weighted by molar-refractivity contribution is 7.99. The van der Waals surface area contributed by atoms with E-state index in [0.717, 1.165) is 22.7 Å². The van der Waals surface area contributed by atoms with Crippen molar-refractivity contribution in [3.8, 4) is 0 Å². The fourth-order valence-corrected chi connectivity index (χ4v) is 2.52. The Balaban J connectivity index is 2.26. The fraction of sp³-hybridized carbons (Fsp3) is 0.167. The summed E-state index contributed by atoms with van der Waals surface area (Å²) in [6.07, 6.45) is 0. The number of hydrogen-bond donors (Lipinski definition) is 1. The minimum atomic E-state index is -0.884. The van der Waals surface area contributed by atoms with Crippen LogP contribution in [0.3, 0.4) is 0 Å². The number of aryl methyl sites for hydroxylation is 1. The Morgan fingerprint density at radius 1 is 1.37 bits per heavy atom. The maximum atomic E-state index is 10.7. The number of hydrogen-bond acceptors (Lipinski definition) is 5. The van der Waals surface area contributed by atoms with Gasteiger partial charge in [0.25, 0.3) is 0 Å². The quantitative estimate of drug-likeness (QED) is 0.579. The van der Waals surface area contributed by atoms with Crippen LogP contribution in [-0.4, -0.2) is 36.4 Å². The molecule has 96 valence electrons. The number of fused-ring (bicyclic) bond motifs is 3. The molecule has 0 atom stereocenters. The van der Waals surface area contributed by atoms with Crippen LogP contribution in [0.4, 0.5) is 0 Å². The van der Waals surface area contributed by atoms with E-state index in [9.17, 15) is 4.79 Å². The molecule has 7 heteroatoms. The second-order valence-corrected chi connectivity index (χ2v) is 4.93. The van der Waals surface area contributed by atoms with E-state index in [4.69, 9.17) is 5.11 Å². The maximum absolute atomic E-state index is 10.7. The molecule has 2 heterocycles. The molecule has 1 N–H and O–H groups in total. The van der Waals surface area contributed by atoms with Crippen molar-refractivity contribution in [3.63, 3.8) is 0 Å². The molecule has 19 heavy (non-hydrogen) atoms. The molecular weight excluding hydrogens is 264 g/mol. The zero-order valence-electron chi connectivity index (χ0n) is 10.1. The molecule has 0 aliphatic carbocycles. The summed E-state index contributed by atoms with van der Waals surface area (Å²) in [5.74, 6) is -0.306. The summed E-state index contributed by atoms with van der Waals surface area (Å²) < 4.78 is 1.60. The average Bonchev–Trinajstić information content (AvgIpc) is 2.77. The SMILES string of the molecule is Cc1nc2c3ccccc3nc(SCC(=O)O)n2n1. The molecule has 3 rings (SSSR count). The van der Waals surface area contributed by atoms with Crippen molar-refractivity contribution in [2.24, 2.45) is 0 Å². The van der Waals surface area contributed by atoms with Crippen LogP contribution in [0.1, 0.15) is 5.82 Å². The summed E-state index contributed by atoms with van der Waals surface area (Å²) in [6.45, 7) is 1.80. The first-order valence-electron chi connectivity index (χ1n) is 5.62. The van der Waals surface area contributed by atoms with E-state index in [2.05, 4.69) is 15.1 Å². The zero-order chi connectivity index (χ0) is 13.4. The molecule has 6 nitrogen and oxygen atoms in total. The van der Waals surface area contributed by atoms with Crippen LogP contribution in [0.15, 0.2) is 29.4 Å². The van der Waals surface area contributed by atoms with Gasteiger partial charge in [-0.05, 0) is 19.1 Å². The molecule has 0 spiro atoms. The van der Waals surface area contributed by atoms with Crippen LogP contribution in [0.2, 0.25) is 0 Å². The summed E-state index contributed by atoms with van der Waals surface area (Å²) >= 11 is 1.14. The molecular formula is C12H10N4O2S. The van der Waals surface area contributed by atoms with Crippen molar-refractivity contribution in [1.82, 2.24) is 19.6 Å². The molecule has 0 saturated heterocycles. The van der Waals surface area contributed by atoms with Crippen molar-refractivity contribution in [2.45, 2.75) is 12.1 Å². The lowest BCUT2D eigenvalue weighted by molar-refractivity contribution is -0.133. The summed E-state index contributed by atoms with van der Waals surface area (Å²) in [5.41, 5.74) is 1.49. The Bertz CT molecular complexity index is 784. The molecule has 0 radical (unpaired) electrons. The van der Waals surface area contributed by atoms with Crippen molar-refractivity contribution in [3.05, 3.63) is 30.1 Å². The molecule has 0 unspecified atom stereocenters. The Morgan fingerprint density at radius 3 is 2.95 bits per heavy atom.